The highest BCUT2D eigenvalue weighted by Gasteiger charge is 2.10. The molecule has 0 atom stereocenters. The maximum absolute atomic E-state index is 4.69. The molecule has 1 heterocycles. The summed E-state index contributed by atoms with van der Waals surface area (Å²) < 4.78 is 17.8. The molecule has 1 aromatic heterocycles. The van der Waals surface area contributed by atoms with E-state index in [4.69, 9.17) is 9.36 Å². The second-order valence-corrected chi connectivity index (χ2v) is 3.43. The molecule has 5 nitrogen and oxygen atoms in total. The van der Waals surface area contributed by atoms with E-state index in [1.807, 2.05) is 54.6 Å². The average molecular weight is 231 g/mol. The molecule has 0 radical (unpaired) electrons. The van der Waals surface area contributed by atoms with Crippen LogP contribution in [0.1, 0.15) is 0 Å². The number of hydrogen-bond acceptors (Lipinski definition) is 4. The predicted molar refractivity (Wildman–Crippen MR) is 57.9 cm³/mol. The van der Waals surface area contributed by atoms with E-state index in [1.54, 1.807) is 0 Å². The van der Waals surface area contributed by atoms with Gasteiger partial charge in [-0.3, -0.25) is 0 Å². The maximum atomic E-state index is 4.69. The molecule has 86 valence electrons. The first kappa shape index (κ1) is 9.65. The maximum Gasteiger partial charge on any atom is 0.135 e. The van der Waals surface area contributed by atoms with Crippen LogP contribution in [0, 0.1) is 0 Å². The van der Waals surface area contributed by atoms with Gasteiger partial charge >= 0.3 is 0 Å². The zero-order chi connectivity index (χ0) is 11.5. The third-order valence-electron chi connectivity index (χ3n) is 2.41. The lowest BCUT2D eigenvalue weighted by atomic mass is 10.0. The second-order valence-electron chi connectivity index (χ2n) is 3.43. The van der Waals surface area contributed by atoms with E-state index in [0.29, 0.717) is 5.69 Å². The van der Waals surface area contributed by atoms with Crippen LogP contribution in [0.5, 0.6) is 0 Å². The fraction of sp³-hybridized carbons (Fsp3) is 0. The van der Waals surface area contributed by atoms with Crippen LogP contribution < -0.4 is 0 Å². The summed E-state index contributed by atoms with van der Waals surface area (Å²) in [4.78, 5) is 1.06. The highest BCUT2D eigenvalue weighted by molar-refractivity contribution is 5.72. The van der Waals surface area contributed by atoms with Crippen LogP contribution in [-0.4, -0.2) is 4.91 Å². The van der Waals surface area contributed by atoms with Gasteiger partial charge in [-0.1, -0.05) is 48.5 Å². The molecule has 5 heteroatoms. The van der Waals surface area contributed by atoms with E-state index in [0.717, 1.165) is 16.0 Å². The summed E-state index contributed by atoms with van der Waals surface area (Å²) in [6, 6.07) is 17.5. The molecule has 3 aromatic rings. The summed E-state index contributed by atoms with van der Waals surface area (Å²) >= 11 is 0. The summed E-state index contributed by atoms with van der Waals surface area (Å²) in [6.45, 7) is 0. The topological polar surface area (TPSA) is 57.5 Å². The zero-order valence-electron chi connectivity index (χ0n) is 8.78. The van der Waals surface area contributed by atoms with E-state index in [1.165, 1.54) is 0 Å². The third kappa shape index (κ3) is 1.78. The monoisotopic (exact) mass is 231 g/mol. The van der Waals surface area contributed by atoms with Crippen LogP contribution in [0.2, 0.25) is 0 Å². The summed E-state index contributed by atoms with van der Waals surface area (Å²) in [6.07, 6.45) is 0. The Morgan fingerprint density at radius 3 is 2.12 bits per heavy atom. The number of rotatable bonds is 2. The smallest absolute Gasteiger partial charge is 0.110 e. The van der Waals surface area contributed by atoms with E-state index < -0.39 is 0 Å². The molecule has 0 saturated carbocycles. The standard InChI is InChI=1S/C12H9NO4/c1-2-6-10(7-3-1)11-8-4-5-9-12(11)13-14-16-17-15-13/h1-9H. The second kappa shape index (κ2) is 4.13. The summed E-state index contributed by atoms with van der Waals surface area (Å²) in [7, 11) is 0. The van der Waals surface area contributed by atoms with E-state index in [2.05, 4.69) is 9.47 Å². The minimum Gasteiger partial charge on any atom is -0.110 e. The highest BCUT2D eigenvalue weighted by Crippen LogP contribution is 2.26. The van der Waals surface area contributed by atoms with Crippen molar-refractivity contribution in [2.75, 3.05) is 0 Å². The first-order chi connectivity index (χ1) is 8.45. The van der Waals surface area contributed by atoms with Crippen LogP contribution in [0.3, 0.4) is 0 Å². The van der Waals surface area contributed by atoms with Crippen molar-refractivity contribution in [2.45, 2.75) is 0 Å². The molecular weight excluding hydrogens is 222 g/mol. The van der Waals surface area contributed by atoms with Crippen molar-refractivity contribution in [1.82, 2.24) is 4.91 Å². The van der Waals surface area contributed by atoms with Crippen molar-refractivity contribution in [3.63, 3.8) is 0 Å². The van der Waals surface area contributed by atoms with E-state index >= 15 is 0 Å². The molecule has 0 N–H and O–H groups in total. The van der Waals surface area contributed by atoms with Crippen molar-refractivity contribution in [1.29, 1.82) is 0 Å². The Hall–Kier alpha value is -2.56. The molecule has 0 aliphatic heterocycles. The van der Waals surface area contributed by atoms with Crippen LogP contribution in [-0.2, 0) is 0 Å². The normalized spacial score (nSPS) is 10.4. The van der Waals surface area contributed by atoms with Crippen LogP contribution in [0.25, 0.3) is 16.8 Å². The Balaban J connectivity index is 2.18. The molecular formula is C12H9NO4. The fourth-order valence-corrected chi connectivity index (χ4v) is 1.67. The van der Waals surface area contributed by atoms with Crippen molar-refractivity contribution >= 4 is 0 Å². The largest absolute Gasteiger partial charge is 0.135 e. The molecule has 3 rings (SSSR count). The van der Waals surface area contributed by atoms with Gasteiger partial charge in [-0.05, 0) is 21.1 Å². The molecule has 0 saturated heterocycles. The summed E-state index contributed by atoms with van der Waals surface area (Å²) in [5.41, 5.74) is 2.68. The molecule has 0 aliphatic carbocycles. The number of benzene rings is 2. The molecule has 0 unspecified atom stereocenters. The predicted octanol–water partition coefficient (Wildman–Crippen LogP) is 3.64. The lowest BCUT2D eigenvalue weighted by Crippen LogP contribution is -1.93. The van der Waals surface area contributed by atoms with Gasteiger partial charge in [-0.15, -0.1) is 9.36 Å². The minimum atomic E-state index is 0.691. The van der Waals surface area contributed by atoms with Gasteiger partial charge in [0.05, 0.1) is 4.91 Å². The third-order valence-corrected chi connectivity index (χ3v) is 2.41. The SMILES string of the molecule is c1ccc(-c2ccccc2-n2oooo2)cc1. The van der Waals surface area contributed by atoms with Gasteiger partial charge in [0.1, 0.15) is 5.69 Å². The Kier molecular flexibility index (Phi) is 2.34. The van der Waals surface area contributed by atoms with Gasteiger partial charge in [0.2, 0.25) is 0 Å². The number of nitrogens with zero attached hydrogens (tertiary/aromatic N) is 1. The van der Waals surface area contributed by atoms with Crippen LogP contribution in [0.15, 0.2) is 73.4 Å². The van der Waals surface area contributed by atoms with Gasteiger partial charge in [-0.25, -0.2) is 0 Å². The lowest BCUT2D eigenvalue weighted by molar-refractivity contribution is -0.241. The Bertz CT molecular complexity index is 607. The molecule has 0 fully saturated rings. The first-order valence-electron chi connectivity index (χ1n) is 5.08. The quantitative estimate of drug-likeness (QED) is 0.632. The molecule has 17 heavy (non-hydrogen) atoms. The van der Waals surface area contributed by atoms with Crippen molar-refractivity contribution in [2.24, 2.45) is 0 Å². The lowest BCUT2D eigenvalue weighted by Gasteiger charge is -2.04. The number of para-hydroxylation sites is 1. The van der Waals surface area contributed by atoms with Gasteiger partial charge in [0.15, 0.2) is 0 Å². The minimum absolute atomic E-state index is 0.691. The van der Waals surface area contributed by atoms with Gasteiger partial charge in [0, 0.05) is 5.56 Å². The van der Waals surface area contributed by atoms with E-state index in [9.17, 15) is 0 Å². The van der Waals surface area contributed by atoms with Crippen molar-refractivity contribution in [3.05, 3.63) is 54.6 Å². The van der Waals surface area contributed by atoms with Crippen LogP contribution in [0.4, 0.5) is 0 Å². The molecule has 0 aliphatic rings. The molecule has 0 amide bonds. The molecule has 0 spiro atoms. The van der Waals surface area contributed by atoms with Gasteiger partial charge in [0.25, 0.3) is 0 Å². The van der Waals surface area contributed by atoms with Crippen molar-refractivity contribution < 1.29 is 18.8 Å². The Labute approximate surface area is 95.9 Å². The zero-order valence-corrected chi connectivity index (χ0v) is 8.78. The fourth-order valence-electron chi connectivity index (χ4n) is 1.67. The van der Waals surface area contributed by atoms with Gasteiger partial charge < -0.3 is 0 Å². The van der Waals surface area contributed by atoms with Crippen LogP contribution >= 0.6 is 0 Å². The molecule has 2 aromatic carbocycles. The summed E-state index contributed by atoms with van der Waals surface area (Å²) in [5.74, 6) is 0. The van der Waals surface area contributed by atoms with Crippen molar-refractivity contribution in [3.8, 4) is 16.8 Å². The van der Waals surface area contributed by atoms with E-state index in [-0.39, 0.29) is 0 Å². The highest BCUT2D eigenvalue weighted by atomic mass is 17.5. The van der Waals surface area contributed by atoms with Gasteiger partial charge in [-0.2, -0.15) is 0 Å². The Morgan fingerprint density at radius 1 is 0.706 bits per heavy atom. The average Bonchev–Trinajstić information content (AvgIpc) is 2.94. The number of aromatic nitrogens is 1. The Morgan fingerprint density at radius 2 is 1.35 bits per heavy atom. The first-order valence-corrected chi connectivity index (χ1v) is 5.08. The molecule has 0 bridgehead atoms. The number of hydrogen-bond donors (Lipinski definition) is 0. The summed E-state index contributed by atoms with van der Waals surface area (Å²) in [5, 5.41) is 0.